The molecular weight excluding hydrogens is 420 g/mol. The van der Waals surface area contributed by atoms with Crippen molar-refractivity contribution in [3.05, 3.63) is 64.7 Å². The van der Waals surface area contributed by atoms with Gasteiger partial charge in [0.05, 0.1) is 18.1 Å². The lowest BCUT2D eigenvalue weighted by molar-refractivity contribution is 0.0947. The summed E-state index contributed by atoms with van der Waals surface area (Å²) in [6, 6.07) is 13.1. The van der Waals surface area contributed by atoms with Crippen LogP contribution in [0.3, 0.4) is 0 Å². The van der Waals surface area contributed by atoms with E-state index in [1.54, 1.807) is 19.2 Å². The van der Waals surface area contributed by atoms with Crippen LogP contribution in [-0.2, 0) is 0 Å². The van der Waals surface area contributed by atoms with E-state index in [0.29, 0.717) is 23.4 Å². The summed E-state index contributed by atoms with van der Waals surface area (Å²) in [5, 5.41) is 18.9. The fourth-order valence-corrected chi connectivity index (χ4v) is 4.61. The smallest absolute Gasteiger partial charge is 0.254 e. The van der Waals surface area contributed by atoms with E-state index in [2.05, 4.69) is 20.9 Å². The molecule has 0 aliphatic carbocycles. The van der Waals surface area contributed by atoms with Crippen LogP contribution in [0.1, 0.15) is 44.2 Å². The fourth-order valence-electron chi connectivity index (χ4n) is 4.61. The number of rotatable bonds is 8. The van der Waals surface area contributed by atoms with E-state index < -0.39 is 6.10 Å². The molecule has 2 aliphatic rings. The van der Waals surface area contributed by atoms with E-state index in [4.69, 9.17) is 4.74 Å². The van der Waals surface area contributed by atoms with Crippen LogP contribution in [0.2, 0.25) is 0 Å². The number of carbonyl (C=O) groups excluding carboxylic acids is 2. The van der Waals surface area contributed by atoms with Gasteiger partial charge in [0.1, 0.15) is 11.9 Å². The van der Waals surface area contributed by atoms with Crippen molar-refractivity contribution in [1.82, 2.24) is 20.9 Å². The lowest BCUT2D eigenvalue weighted by atomic mass is 9.86. The number of nitrogens with one attached hydrogen (secondary N) is 3. The number of nitrogens with zero attached hydrogens (tertiary/aromatic N) is 1. The molecule has 0 spiro atoms. The van der Waals surface area contributed by atoms with E-state index in [1.807, 2.05) is 30.3 Å². The molecule has 0 radical (unpaired) electrons. The number of benzene rings is 2. The minimum atomic E-state index is -0.525. The molecule has 2 heterocycles. The number of ether oxygens (including phenoxy) is 1. The van der Waals surface area contributed by atoms with Crippen LogP contribution >= 0.6 is 0 Å². The Balaban J connectivity index is 1.55. The Bertz CT molecular complexity index is 976. The largest absolute Gasteiger partial charge is 0.486 e. The van der Waals surface area contributed by atoms with Gasteiger partial charge in [0, 0.05) is 50.9 Å². The van der Waals surface area contributed by atoms with Crippen molar-refractivity contribution in [2.45, 2.75) is 18.4 Å². The first-order valence-corrected chi connectivity index (χ1v) is 11.6. The van der Waals surface area contributed by atoms with Gasteiger partial charge in [-0.2, -0.15) is 0 Å². The zero-order valence-electron chi connectivity index (χ0n) is 19.0. The second kappa shape index (κ2) is 10.8. The van der Waals surface area contributed by atoms with Crippen molar-refractivity contribution in [2.24, 2.45) is 0 Å². The number of piperazine rings is 1. The Labute approximate surface area is 194 Å². The monoisotopic (exact) mass is 452 g/mol. The van der Waals surface area contributed by atoms with Crippen molar-refractivity contribution < 1.29 is 19.4 Å². The molecule has 8 nitrogen and oxygen atoms in total. The molecule has 1 fully saturated rings. The third-order valence-electron chi connectivity index (χ3n) is 6.31. The van der Waals surface area contributed by atoms with Gasteiger partial charge >= 0.3 is 0 Å². The number of amides is 2. The van der Waals surface area contributed by atoms with Crippen molar-refractivity contribution >= 4 is 11.8 Å². The molecule has 0 aromatic heterocycles. The van der Waals surface area contributed by atoms with Crippen molar-refractivity contribution in [2.75, 3.05) is 52.9 Å². The standard InChI is InChI=1S/C25H32N4O4/c1-26-25(32)20-15-18(24(31)28-8-5-11-29-12-9-27-10-13-29)14-19-22(17-6-3-2-4-7-17)21(16-30)33-23(19)20/h2-4,6-7,14-15,21-22,27,30H,5,8-13,16H2,1H3,(H,26,32)(H,28,31). The number of aliphatic hydroxyl groups is 1. The van der Waals surface area contributed by atoms with Crippen molar-refractivity contribution in [1.29, 1.82) is 0 Å². The lowest BCUT2D eigenvalue weighted by Gasteiger charge is -2.27. The van der Waals surface area contributed by atoms with Gasteiger partial charge in [0.2, 0.25) is 0 Å². The molecule has 0 bridgehead atoms. The predicted molar refractivity (Wildman–Crippen MR) is 126 cm³/mol. The molecule has 0 saturated carbocycles. The van der Waals surface area contributed by atoms with Crippen molar-refractivity contribution in [3.63, 3.8) is 0 Å². The maximum Gasteiger partial charge on any atom is 0.254 e. The van der Waals surface area contributed by atoms with Crippen LogP contribution in [-0.4, -0.2) is 80.8 Å². The van der Waals surface area contributed by atoms with Crippen LogP contribution in [0.4, 0.5) is 0 Å². The summed E-state index contributed by atoms with van der Waals surface area (Å²) in [5.41, 5.74) is 2.43. The van der Waals surface area contributed by atoms with Gasteiger partial charge in [-0.15, -0.1) is 0 Å². The van der Waals surface area contributed by atoms with Crippen molar-refractivity contribution in [3.8, 4) is 5.75 Å². The average Bonchev–Trinajstić information content (AvgIpc) is 3.25. The number of aliphatic hydroxyl groups excluding tert-OH is 1. The molecule has 1 saturated heterocycles. The van der Waals surface area contributed by atoms with E-state index >= 15 is 0 Å². The van der Waals surface area contributed by atoms with E-state index in [-0.39, 0.29) is 24.3 Å². The average molecular weight is 453 g/mol. The molecule has 2 aliphatic heterocycles. The van der Waals surface area contributed by atoms with E-state index in [0.717, 1.165) is 50.3 Å². The highest BCUT2D eigenvalue weighted by atomic mass is 16.5. The summed E-state index contributed by atoms with van der Waals surface area (Å²) in [4.78, 5) is 28.0. The quantitative estimate of drug-likeness (QED) is 0.445. The normalized spacial score (nSPS) is 20.1. The molecule has 2 amide bonds. The highest BCUT2D eigenvalue weighted by Crippen LogP contribution is 2.44. The Kier molecular flexibility index (Phi) is 7.59. The summed E-state index contributed by atoms with van der Waals surface area (Å²) in [6.07, 6.45) is 0.338. The van der Waals surface area contributed by atoms with Gasteiger partial charge in [-0.3, -0.25) is 9.59 Å². The molecule has 4 rings (SSSR count). The maximum absolute atomic E-state index is 13.0. The molecule has 2 unspecified atom stereocenters. The molecule has 8 heteroatoms. The van der Waals surface area contributed by atoms with Crippen LogP contribution in [0.15, 0.2) is 42.5 Å². The number of fused-ring (bicyclic) bond motifs is 1. The SMILES string of the molecule is CNC(=O)c1cc(C(=O)NCCCN2CCNCC2)cc2c1OC(CO)C2c1ccccc1. The molecule has 33 heavy (non-hydrogen) atoms. The second-order valence-corrected chi connectivity index (χ2v) is 8.45. The first-order chi connectivity index (χ1) is 16.1. The maximum atomic E-state index is 13.0. The van der Waals surface area contributed by atoms with Crippen LogP contribution in [0.5, 0.6) is 5.75 Å². The fraction of sp³-hybridized carbons (Fsp3) is 0.440. The van der Waals surface area contributed by atoms with E-state index in [9.17, 15) is 14.7 Å². The first kappa shape index (κ1) is 23.2. The molecular formula is C25H32N4O4. The Morgan fingerprint density at radius 1 is 1.15 bits per heavy atom. The Hall–Kier alpha value is -2.94. The van der Waals surface area contributed by atoms with Crippen LogP contribution in [0, 0.1) is 0 Å². The topological polar surface area (TPSA) is 103 Å². The Morgan fingerprint density at radius 3 is 2.61 bits per heavy atom. The second-order valence-electron chi connectivity index (χ2n) is 8.45. The van der Waals surface area contributed by atoms with Crippen LogP contribution in [0.25, 0.3) is 0 Å². The van der Waals surface area contributed by atoms with Gasteiger partial charge in [0.25, 0.3) is 11.8 Å². The number of carbonyl (C=O) groups is 2. The molecule has 2 aromatic rings. The van der Waals surface area contributed by atoms with Gasteiger partial charge in [0.15, 0.2) is 0 Å². The zero-order valence-corrected chi connectivity index (χ0v) is 19.0. The van der Waals surface area contributed by atoms with Gasteiger partial charge < -0.3 is 30.7 Å². The molecule has 2 aromatic carbocycles. The molecule has 2 atom stereocenters. The van der Waals surface area contributed by atoms with Gasteiger partial charge in [-0.05, 0) is 30.7 Å². The number of hydrogen-bond donors (Lipinski definition) is 4. The number of hydrogen-bond acceptors (Lipinski definition) is 6. The first-order valence-electron chi connectivity index (χ1n) is 11.6. The highest BCUT2D eigenvalue weighted by Gasteiger charge is 2.38. The summed E-state index contributed by atoms with van der Waals surface area (Å²) in [6.45, 7) is 5.37. The van der Waals surface area contributed by atoms with Gasteiger partial charge in [-0.1, -0.05) is 30.3 Å². The Morgan fingerprint density at radius 2 is 1.91 bits per heavy atom. The minimum absolute atomic E-state index is 0.199. The summed E-state index contributed by atoms with van der Waals surface area (Å²) in [7, 11) is 1.55. The summed E-state index contributed by atoms with van der Waals surface area (Å²) in [5.74, 6) is -0.389. The summed E-state index contributed by atoms with van der Waals surface area (Å²) < 4.78 is 6.02. The zero-order chi connectivity index (χ0) is 23.2. The minimum Gasteiger partial charge on any atom is -0.486 e. The highest BCUT2D eigenvalue weighted by molar-refractivity contribution is 6.02. The predicted octanol–water partition coefficient (Wildman–Crippen LogP) is 0.957. The lowest BCUT2D eigenvalue weighted by Crippen LogP contribution is -2.44. The van der Waals surface area contributed by atoms with Crippen LogP contribution < -0.4 is 20.7 Å². The van der Waals surface area contributed by atoms with Gasteiger partial charge in [-0.25, -0.2) is 0 Å². The third-order valence-corrected chi connectivity index (χ3v) is 6.31. The molecule has 4 N–H and O–H groups in total. The van der Waals surface area contributed by atoms with E-state index in [1.165, 1.54) is 0 Å². The third kappa shape index (κ3) is 5.19. The summed E-state index contributed by atoms with van der Waals surface area (Å²) >= 11 is 0. The molecule has 176 valence electrons.